The summed E-state index contributed by atoms with van der Waals surface area (Å²) in [6.45, 7) is 33.5. The normalized spacial score (nSPS) is 19.3. The second-order valence-electron chi connectivity index (χ2n) is 15.2. The van der Waals surface area contributed by atoms with Crippen LogP contribution in [-0.2, 0) is 0 Å². The van der Waals surface area contributed by atoms with Gasteiger partial charge in [0, 0.05) is 0 Å². The number of rotatable bonds is 12. The van der Waals surface area contributed by atoms with Crippen molar-refractivity contribution in [2.45, 2.75) is 146 Å². The standard InChI is InChI=1S/C45H64Si/c1-15-30(7)38-22-39(31(8)16-2)25-43(24-38)46(42-20-28(5)19-29(6)21-42,45-36(13)34(11)35(12)37(45)14)44-26-40(32(9)17-3)23-41(27-44)33(10)18-4/h19-27,30-33,36H,15-18H2,1-14H3. The molecule has 0 nitrogen and oxygen atoms in total. The van der Waals surface area contributed by atoms with Crippen molar-refractivity contribution in [2.24, 2.45) is 5.92 Å². The fourth-order valence-electron chi connectivity index (χ4n) is 7.99. The van der Waals surface area contributed by atoms with Gasteiger partial charge in [0.25, 0.3) is 0 Å². The van der Waals surface area contributed by atoms with Crippen LogP contribution in [0.25, 0.3) is 0 Å². The first-order chi connectivity index (χ1) is 21.7. The molecular formula is C45H64Si. The van der Waals surface area contributed by atoms with E-state index in [1.165, 1.54) is 44.5 Å². The lowest BCUT2D eigenvalue weighted by molar-refractivity contribution is 0.712. The Morgan fingerprint density at radius 1 is 0.478 bits per heavy atom. The summed E-state index contributed by atoms with van der Waals surface area (Å²) in [4.78, 5) is 0. The molecule has 248 valence electrons. The average Bonchev–Trinajstić information content (AvgIpc) is 3.24. The molecule has 0 spiro atoms. The number of benzene rings is 3. The minimum atomic E-state index is -2.79. The van der Waals surface area contributed by atoms with Crippen molar-refractivity contribution in [3.8, 4) is 0 Å². The molecule has 1 heteroatoms. The second-order valence-corrected chi connectivity index (χ2v) is 19.0. The van der Waals surface area contributed by atoms with E-state index in [1.807, 2.05) is 0 Å². The lowest BCUT2D eigenvalue weighted by Crippen LogP contribution is -2.70. The van der Waals surface area contributed by atoms with Gasteiger partial charge in [0.2, 0.25) is 0 Å². The van der Waals surface area contributed by atoms with Crippen LogP contribution in [0.4, 0.5) is 0 Å². The maximum atomic E-state index is 2.68. The lowest BCUT2D eigenvalue weighted by Gasteiger charge is -2.40. The van der Waals surface area contributed by atoms with E-state index in [4.69, 9.17) is 0 Å². The second kappa shape index (κ2) is 14.6. The minimum absolute atomic E-state index is 0.408. The summed E-state index contributed by atoms with van der Waals surface area (Å²) in [6.07, 6.45) is 4.62. The van der Waals surface area contributed by atoms with Crippen molar-refractivity contribution in [3.05, 3.63) is 110 Å². The first kappa shape index (κ1) is 36.2. The molecule has 46 heavy (non-hydrogen) atoms. The molecule has 0 heterocycles. The highest BCUT2D eigenvalue weighted by Crippen LogP contribution is 2.42. The van der Waals surface area contributed by atoms with E-state index in [9.17, 15) is 0 Å². The zero-order chi connectivity index (χ0) is 34.1. The van der Waals surface area contributed by atoms with Crippen LogP contribution in [-0.4, -0.2) is 8.07 Å². The molecule has 1 aliphatic rings. The molecule has 0 N–H and O–H groups in total. The lowest BCUT2D eigenvalue weighted by atomic mass is 9.91. The Morgan fingerprint density at radius 2 is 0.804 bits per heavy atom. The van der Waals surface area contributed by atoms with Crippen molar-refractivity contribution in [1.82, 2.24) is 0 Å². The Labute approximate surface area is 284 Å². The van der Waals surface area contributed by atoms with Crippen LogP contribution in [0.3, 0.4) is 0 Å². The Morgan fingerprint density at radius 3 is 1.09 bits per heavy atom. The van der Waals surface area contributed by atoms with Gasteiger partial charge in [-0.1, -0.05) is 144 Å². The third kappa shape index (κ3) is 6.56. The molecule has 0 saturated heterocycles. The molecule has 5 unspecified atom stereocenters. The fraction of sp³-hybridized carbons (Fsp3) is 0.511. The van der Waals surface area contributed by atoms with Gasteiger partial charge in [0.15, 0.2) is 8.07 Å². The summed E-state index contributed by atoms with van der Waals surface area (Å²) in [5, 5.41) is 6.44. The molecule has 0 amide bonds. The molecule has 1 aliphatic carbocycles. The Hall–Kier alpha value is -2.64. The minimum Gasteiger partial charge on any atom is -0.0648 e. The summed E-state index contributed by atoms with van der Waals surface area (Å²) in [7, 11) is -2.79. The molecule has 3 aromatic rings. The maximum absolute atomic E-state index is 2.79. The molecule has 3 aromatic carbocycles. The fourth-order valence-corrected chi connectivity index (χ4v) is 14.0. The van der Waals surface area contributed by atoms with Crippen LogP contribution in [0.1, 0.15) is 166 Å². The van der Waals surface area contributed by atoms with E-state index < -0.39 is 8.07 Å². The van der Waals surface area contributed by atoms with Crippen LogP contribution in [0.2, 0.25) is 0 Å². The topological polar surface area (TPSA) is 0 Å². The number of aryl methyl sites for hydroxylation is 2. The maximum Gasteiger partial charge on any atom is 0.176 e. The zero-order valence-electron chi connectivity index (χ0n) is 31.9. The van der Waals surface area contributed by atoms with E-state index in [1.54, 1.807) is 26.3 Å². The van der Waals surface area contributed by atoms with Crippen LogP contribution in [0.5, 0.6) is 0 Å². The smallest absolute Gasteiger partial charge is 0.0648 e. The Kier molecular flexibility index (Phi) is 11.5. The van der Waals surface area contributed by atoms with E-state index in [0.717, 1.165) is 25.7 Å². The summed E-state index contributed by atoms with van der Waals surface area (Å²) >= 11 is 0. The Bertz CT molecular complexity index is 1470. The van der Waals surface area contributed by atoms with Gasteiger partial charge in [0.05, 0.1) is 0 Å². The largest absolute Gasteiger partial charge is 0.176 e. The van der Waals surface area contributed by atoms with Crippen molar-refractivity contribution in [1.29, 1.82) is 0 Å². The van der Waals surface area contributed by atoms with Gasteiger partial charge in [0.1, 0.15) is 0 Å². The van der Waals surface area contributed by atoms with Crippen LogP contribution in [0, 0.1) is 19.8 Å². The first-order valence-electron chi connectivity index (χ1n) is 18.5. The van der Waals surface area contributed by atoms with Gasteiger partial charge < -0.3 is 0 Å². The number of hydrogen-bond acceptors (Lipinski definition) is 0. The summed E-state index contributed by atoms with van der Waals surface area (Å²) in [6, 6.07) is 23.4. The van der Waals surface area contributed by atoms with Crippen molar-refractivity contribution >= 4 is 23.6 Å². The quantitative estimate of drug-likeness (QED) is 0.138. The Balaban J connectivity index is 2.36. The monoisotopic (exact) mass is 632 g/mol. The third-order valence-corrected chi connectivity index (χ3v) is 17.3. The van der Waals surface area contributed by atoms with E-state index in [0.29, 0.717) is 29.6 Å². The number of allylic oxidation sites excluding steroid dienone is 4. The molecule has 0 fully saturated rings. The zero-order valence-corrected chi connectivity index (χ0v) is 32.9. The summed E-state index contributed by atoms with van der Waals surface area (Å²) in [5.74, 6) is 2.50. The molecule has 4 rings (SSSR count). The summed E-state index contributed by atoms with van der Waals surface area (Å²) < 4.78 is 0. The molecule has 0 aliphatic heterocycles. The van der Waals surface area contributed by atoms with Gasteiger partial charge in [-0.25, -0.2) is 0 Å². The van der Waals surface area contributed by atoms with Gasteiger partial charge in [-0.2, -0.15) is 0 Å². The molecular weight excluding hydrogens is 569 g/mol. The van der Waals surface area contributed by atoms with E-state index in [2.05, 4.69) is 152 Å². The molecule has 0 radical (unpaired) electrons. The van der Waals surface area contributed by atoms with Gasteiger partial charge in [-0.05, 0) is 133 Å². The predicted molar refractivity (Wildman–Crippen MR) is 209 cm³/mol. The molecule has 5 atom stereocenters. The van der Waals surface area contributed by atoms with Gasteiger partial charge in [-0.3, -0.25) is 0 Å². The highest BCUT2D eigenvalue weighted by molar-refractivity contribution is 7.16. The first-order valence-corrected chi connectivity index (χ1v) is 20.5. The summed E-state index contributed by atoms with van der Waals surface area (Å²) in [5.41, 5.74) is 13.4. The van der Waals surface area contributed by atoms with E-state index >= 15 is 0 Å². The van der Waals surface area contributed by atoms with Crippen LogP contribution < -0.4 is 15.6 Å². The molecule has 0 saturated carbocycles. The molecule has 0 bridgehead atoms. The predicted octanol–water partition coefficient (Wildman–Crippen LogP) is 11.7. The van der Waals surface area contributed by atoms with Crippen molar-refractivity contribution < 1.29 is 0 Å². The number of hydrogen-bond donors (Lipinski definition) is 0. The molecule has 0 aromatic heterocycles. The van der Waals surface area contributed by atoms with Crippen molar-refractivity contribution in [2.75, 3.05) is 0 Å². The van der Waals surface area contributed by atoms with E-state index in [-0.39, 0.29) is 0 Å². The van der Waals surface area contributed by atoms with Crippen LogP contribution in [0.15, 0.2) is 76.5 Å². The third-order valence-electron chi connectivity index (χ3n) is 12.2. The van der Waals surface area contributed by atoms with Crippen molar-refractivity contribution in [3.63, 3.8) is 0 Å². The van der Waals surface area contributed by atoms with Gasteiger partial charge >= 0.3 is 0 Å². The van der Waals surface area contributed by atoms with Crippen LogP contribution >= 0.6 is 0 Å². The highest BCUT2D eigenvalue weighted by Gasteiger charge is 2.49. The van der Waals surface area contributed by atoms with Gasteiger partial charge in [-0.15, -0.1) is 0 Å². The average molecular weight is 633 g/mol. The highest BCUT2D eigenvalue weighted by atomic mass is 28.3. The SMILES string of the molecule is CCC(C)c1cc(C(C)CC)cc([Si](C2=C(C)C(C)=C(C)C2C)(c2cc(C)cc(C)c2)c2cc(C(C)CC)cc(C(C)CC)c2)c1.